The van der Waals surface area contributed by atoms with E-state index in [1.54, 1.807) is 25.1 Å². The van der Waals surface area contributed by atoms with Crippen molar-refractivity contribution in [2.75, 3.05) is 11.0 Å². The van der Waals surface area contributed by atoms with Gasteiger partial charge in [0.05, 0.1) is 18.0 Å². The predicted octanol–water partition coefficient (Wildman–Crippen LogP) is 3.35. The minimum atomic E-state index is -3.34. The Labute approximate surface area is 154 Å². The van der Waals surface area contributed by atoms with E-state index in [9.17, 15) is 13.2 Å². The number of hydrogen-bond acceptors (Lipinski definition) is 3. The molecular formula is C20H24N2O3S. The fraction of sp³-hybridized carbons (Fsp3) is 0.350. The summed E-state index contributed by atoms with van der Waals surface area (Å²) < 4.78 is 25.2. The summed E-state index contributed by atoms with van der Waals surface area (Å²) in [6, 6.07) is 11.3. The lowest BCUT2D eigenvalue weighted by atomic mass is 10.0. The zero-order valence-electron chi connectivity index (χ0n) is 15.3. The highest BCUT2D eigenvalue weighted by Crippen LogP contribution is 2.25. The van der Waals surface area contributed by atoms with Crippen LogP contribution in [0.1, 0.15) is 52.0 Å². The summed E-state index contributed by atoms with van der Waals surface area (Å²) in [6.45, 7) is 3.75. The summed E-state index contributed by atoms with van der Waals surface area (Å²) in [5.74, 6) is -0.174. The molecule has 6 heteroatoms. The Morgan fingerprint density at radius 1 is 1.08 bits per heavy atom. The smallest absolute Gasteiger partial charge is 0.251 e. The Morgan fingerprint density at radius 3 is 2.50 bits per heavy atom. The molecule has 2 aromatic carbocycles. The molecule has 0 saturated heterocycles. The third kappa shape index (κ3) is 4.25. The minimum absolute atomic E-state index is 0.0949. The van der Waals surface area contributed by atoms with Gasteiger partial charge in [-0.3, -0.25) is 9.52 Å². The first-order chi connectivity index (χ1) is 12.2. The summed E-state index contributed by atoms with van der Waals surface area (Å²) >= 11 is 0. The number of fused-ring (bicyclic) bond motifs is 1. The molecule has 1 atom stereocenters. The summed E-state index contributed by atoms with van der Waals surface area (Å²) in [7, 11) is -3.34. The van der Waals surface area contributed by atoms with Crippen LogP contribution in [0.5, 0.6) is 0 Å². The zero-order chi connectivity index (χ0) is 18.9. The Morgan fingerprint density at radius 2 is 1.81 bits per heavy atom. The lowest BCUT2D eigenvalue weighted by Crippen LogP contribution is -2.26. The van der Waals surface area contributed by atoms with Crippen LogP contribution in [-0.4, -0.2) is 20.6 Å². The number of carbonyl (C=O) groups is 1. The highest BCUT2D eigenvalue weighted by atomic mass is 32.2. The zero-order valence-corrected chi connectivity index (χ0v) is 16.1. The first kappa shape index (κ1) is 18.5. The van der Waals surface area contributed by atoms with Gasteiger partial charge >= 0.3 is 0 Å². The van der Waals surface area contributed by atoms with Gasteiger partial charge in [-0.2, -0.15) is 0 Å². The number of nitrogens with one attached hydrogen (secondary N) is 2. The van der Waals surface area contributed by atoms with Gasteiger partial charge in [-0.05, 0) is 73.6 Å². The molecular weight excluding hydrogens is 348 g/mol. The second-order valence-corrected chi connectivity index (χ2v) is 8.73. The van der Waals surface area contributed by atoms with Crippen LogP contribution in [0.15, 0.2) is 36.4 Å². The van der Waals surface area contributed by atoms with Gasteiger partial charge in [0, 0.05) is 5.56 Å². The van der Waals surface area contributed by atoms with Crippen LogP contribution in [0.25, 0.3) is 0 Å². The van der Waals surface area contributed by atoms with Gasteiger partial charge in [0.1, 0.15) is 0 Å². The molecule has 0 aromatic heterocycles. The van der Waals surface area contributed by atoms with Crippen LogP contribution in [-0.2, 0) is 22.9 Å². The van der Waals surface area contributed by atoms with Crippen LogP contribution >= 0.6 is 0 Å². The topological polar surface area (TPSA) is 75.3 Å². The van der Waals surface area contributed by atoms with Crippen molar-refractivity contribution < 1.29 is 13.2 Å². The average Bonchev–Trinajstić information content (AvgIpc) is 3.03. The molecule has 1 aliphatic rings. The van der Waals surface area contributed by atoms with Crippen molar-refractivity contribution in [1.82, 2.24) is 5.32 Å². The number of carbonyl (C=O) groups excluding carboxylic acids is 1. The molecule has 5 nitrogen and oxygen atoms in total. The van der Waals surface area contributed by atoms with Crippen molar-refractivity contribution in [3.05, 3.63) is 64.2 Å². The molecule has 0 bridgehead atoms. The quantitative estimate of drug-likeness (QED) is 0.845. The molecule has 0 aliphatic heterocycles. The first-order valence-electron chi connectivity index (χ1n) is 8.74. The molecule has 0 fully saturated rings. The average molecular weight is 372 g/mol. The largest absolute Gasteiger partial charge is 0.346 e. The summed E-state index contributed by atoms with van der Waals surface area (Å²) in [5.41, 5.74) is 5.59. The molecule has 1 amide bonds. The van der Waals surface area contributed by atoms with Gasteiger partial charge in [-0.25, -0.2) is 8.42 Å². The number of rotatable bonds is 5. The van der Waals surface area contributed by atoms with Crippen molar-refractivity contribution in [1.29, 1.82) is 0 Å². The van der Waals surface area contributed by atoms with Gasteiger partial charge in [0.2, 0.25) is 10.0 Å². The molecule has 2 aromatic rings. The van der Waals surface area contributed by atoms with Crippen LogP contribution in [0.3, 0.4) is 0 Å². The lowest BCUT2D eigenvalue weighted by Gasteiger charge is -2.16. The summed E-state index contributed by atoms with van der Waals surface area (Å²) in [4.78, 5) is 12.6. The van der Waals surface area contributed by atoms with Crippen LogP contribution < -0.4 is 10.0 Å². The molecule has 1 unspecified atom stereocenters. The summed E-state index contributed by atoms with van der Waals surface area (Å²) in [6.07, 6.45) is 4.55. The molecule has 0 spiro atoms. The third-order valence-corrected chi connectivity index (χ3v) is 5.34. The van der Waals surface area contributed by atoms with Crippen LogP contribution in [0, 0.1) is 6.92 Å². The fourth-order valence-corrected chi connectivity index (χ4v) is 3.97. The Kier molecular flexibility index (Phi) is 5.05. The Bertz CT molecular complexity index is 952. The second kappa shape index (κ2) is 7.11. The number of benzene rings is 2. The standard InChI is InChI=1S/C20H24N2O3S/c1-13-11-18(9-10-19(13)22-26(3,24)25)20(23)21-14(2)16-8-7-15-5-4-6-17(15)12-16/h7-12,14,22H,4-6H2,1-3H3,(H,21,23). The first-order valence-corrected chi connectivity index (χ1v) is 10.6. The van der Waals surface area contributed by atoms with E-state index in [0.29, 0.717) is 16.8 Å². The fourth-order valence-electron chi connectivity index (χ4n) is 3.34. The van der Waals surface area contributed by atoms with Crippen molar-refractivity contribution in [2.24, 2.45) is 0 Å². The molecule has 3 rings (SSSR count). The van der Waals surface area contributed by atoms with Crippen molar-refractivity contribution in [2.45, 2.75) is 39.2 Å². The molecule has 26 heavy (non-hydrogen) atoms. The van der Waals surface area contributed by atoms with Gasteiger partial charge in [-0.1, -0.05) is 18.2 Å². The Balaban J connectivity index is 1.72. The maximum Gasteiger partial charge on any atom is 0.251 e. The second-order valence-electron chi connectivity index (χ2n) is 6.98. The maximum absolute atomic E-state index is 12.6. The van der Waals surface area contributed by atoms with Crippen LogP contribution in [0.4, 0.5) is 5.69 Å². The van der Waals surface area contributed by atoms with Gasteiger partial charge in [-0.15, -0.1) is 0 Å². The van der Waals surface area contributed by atoms with E-state index in [1.165, 1.54) is 17.5 Å². The predicted molar refractivity (Wildman–Crippen MR) is 104 cm³/mol. The van der Waals surface area contributed by atoms with Crippen molar-refractivity contribution >= 4 is 21.6 Å². The van der Waals surface area contributed by atoms with Gasteiger partial charge < -0.3 is 5.32 Å². The number of aryl methyl sites for hydroxylation is 3. The lowest BCUT2D eigenvalue weighted by molar-refractivity contribution is 0.0940. The molecule has 0 saturated carbocycles. The summed E-state index contributed by atoms with van der Waals surface area (Å²) in [5, 5.41) is 3.02. The van der Waals surface area contributed by atoms with Crippen LogP contribution in [0.2, 0.25) is 0 Å². The van der Waals surface area contributed by atoms with E-state index in [2.05, 4.69) is 28.2 Å². The van der Waals surface area contributed by atoms with Gasteiger partial charge in [0.15, 0.2) is 0 Å². The van der Waals surface area contributed by atoms with Crippen molar-refractivity contribution in [3.63, 3.8) is 0 Å². The normalized spacial score (nSPS) is 14.6. The monoisotopic (exact) mass is 372 g/mol. The molecule has 0 radical (unpaired) electrons. The van der Waals surface area contributed by atoms with E-state index in [-0.39, 0.29) is 11.9 Å². The number of amides is 1. The third-order valence-electron chi connectivity index (χ3n) is 4.75. The number of sulfonamides is 1. The molecule has 0 heterocycles. The number of hydrogen-bond donors (Lipinski definition) is 2. The minimum Gasteiger partial charge on any atom is -0.346 e. The van der Waals surface area contributed by atoms with E-state index in [1.807, 2.05) is 6.92 Å². The van der Waals surface area contributed by atoms with E-state index >= 15 is 0 Å². The van der Waals surface area contributed by atoms with E-state index in [0.717, 1.165) is 24.7 Å². The van der Waals surface area contributed by atoms with Gasteiger partial charge in [0.25, 0.3) is 5.91 Å². The Hall–Kier alpha value is -2.34. The molecule has 2 N–H and O–H groups in total. The SMILES string of the molecule is Cc1cc(C(=O)NC(C)c2ccc3c(c2)CCC3)ccc1NS(C)(=O)=O. The molecule has 138 valence electrons. The maximum atomic E-state index is 12.6. The van der Waals surface area contributed by atoms with E-state index < -0.39 is 10.0 Å². The number of anilines is 1. The highest BCUT2D eigenvalue weighted by molar-refractivity contribution is 7.92. The van der Waals surface area contributed by atoms with Crippen molar-refractivity contribution in [3.8, 4) is 0 Å². The highest BCUT2D eigenvalue weighted by Gasteiger charge is 2.16. The molecule has 1 aliphatic carbocycles. The van der Waals surface area contributed by atoms with E-state index in [4.69, 9.17) is 0 Å².